The average Bonchev–Trinajstić information content (AvgIpc) is 3.02. The Morgan fingerprint density at radius 3 is 2.43 bits per heavy atom. The first kappa shape index (κ1) is 15.1. The molecule has 0 fully saturated rings. The summed E-state index contributed by atoms with van der Waals surface area (Å²) in [5.41, 5.74) is 0.567. The van der Waals surface area contributed by atoms with E-state index < -0.39 is 6.10 Å². The molecule has 0 saturated heterocycles. The van der Waals surface area contributed by atoms with E-state index >= 15 is 0 Å². The fraction of sp³-hybridized carbons (Fsp3) is 0.429. The lowest BCUT2D eigenvalue weighted by Crippen LogP contribution is -1.98. The van der Waals surface area contributed by atoms with Gasteiger partial charge in [0.15, 0.2) is 11.5 Å². The second-order valence-corrected chi connectivity index (χ2v) is 4.26. The number of benzene rings is 1. The van der Waals surface area contributed by atoms with E-state index in [1.54, 1.807) is 19.2 Å². The molecule has 1 aromatic carbocycles. The minimum absolute atomic E-state index is 0.240. The van der Waals surface area contributed by atoms with E-state index in [-0.39, 0.29) is 11.7 Å². The molecule has 7 nitrogen and oxygen atoms in total. The van der Waals surface area contributed by atoms with Crippen molar-refractivity contribution in [3.8, 4) is 28.7 Å². The van der Waals surface area contributed by atoms with Gasteiger partial charge in [0, 0.05) is 0 Å². The molecule has 0 aliphatic rings. The van der Waals surface area contributed by atoms with Gasteiger partial charge in [0.05, 0.1) is 26.9 Å². The number of hydrogen-bond donors (Lipinski definition) is 1. The van der Waals surface area contributed by atoms with Crippen LogP contribution < -0.4 is 14.2 Å². The molecule has 1 heterocycles. The number of ether oxygens (including phenoxy) is 3. The summed E-state index contributed by atoms with van der Waals surface area (Å²) in [4.78, 5) is 4.19. The van der Waals surface area contributed by atoms with Gasteiger partial charge in [-0.3, -0.25) is 0 Å². The van der Waals surface area contributed by atoms with Crippen LogP contribution in [0.4, 0.5) is 0 Å². The summed E-state index contributed by atoms with van der Waals surface area (Å²) >= 11 is 0. The van der Waals surface area contributed by atoms with Crippen molar-refractivity contribution >= 4 is 0 Å². The van der Waals surface area contributed by atoms with E-state index in [0.29, 0.717) is 29.2 Å². The maximum atomic E-state index is 9.74. The predicted octanol–water partition coefficient (Wildman–Crippen LogP) is 2.21. The van der Waals surface area contributed by atoms with E-state index in [9.17, 15) is 5.11 Å². The average molecular weight is 294 g/mol. The zero-order valence-corrected chi connectivity index (χ0v) is 12.4. The Morgan fingerprint density at radius 1 is 1.14 bits per heavy atom. The van der Waals surface area contributed by atoms with Crippen LogP contribution in [0.15, 0.2) is 16.7 Å². The summed E-state index contributed by atoms with van der Waals surface area (Å²) in [6.45, 7) is 1.83. The summed E-state index contributed by atoms with van der Waals surface area (Å²) in [6.07, 6.45) is -0.254. The van der Waals surface area contributed by atoms with E-state index in [1.165, 1.54) is 14.2 Å². The first-order valence-electron chi connectivity index (χ1n) is 6.47. The Labute approximate surface area is 122 Å². The van der Waals surface area contributed by atoms with E-state index in [4.69, 9.17) is 18.7 Å². The molecule has 1 atom stereocenters. The van der Waals surface area contributed by atoms with Gasteiger partial charge < -0.3 is 23.8 Å². The number of rotatable bonds is 6. The second kappa shape index (κ2) is 6.45. The molecule has 0 amide bonds. The number of aliphatic hydroxyl groups is 1. The topological polar surface area (TPSA) is 86.8 Å². The molecule has 2 rings (SSSR count). The maximum absolute atomic E-state index is 9.74. The second-order valence-electron chi connectivity index (χ2n) is 4.26. The highest BCUT2D eigenvalue weighted by molar-refractivity contribution is 5.71. The summed E-state index contributed by atoms with van der Waals surface area (Å²) in [6, 6.07) is 3.45. The van der Waals surface area contributed by atoms with Gasteiger partial charge in [0.2, 0.25) is 11.6 Å². The van der Waals surface area contributed by atoms with E-state index in [0.717, 1.165) is 0 Å². The summed E-state index contributed by atoms with van der Waals surface area (Å²) in [7, 11) is 4.57. The van der Waals surface area contributed by atoms with Crippen LogP contribution in [-0.4, -0.2) is 36.6 Å². The van der Waals surface area contributed by atoms with Crippen molar-refractivity contribution in [2.24, 2.45) is 0 Å². The molecule has 0 spiro atoms. The van der Waals surface area contributed by atoms with E-state index in [2.05, 4.69) is 10.1 Å². The molecule has 1 unspecified atom stereocenters. The SMILES string of the molecule is CCC(O)c1noc(-c2ccc(OC)c(OC)c2OC)n1. The molecule has 7 heteroatoms. The Bertz CT molecular complexity index is 611. The zero-order valence-electron chi connectivity index (χ0n) is 12.4. The van der Waals surface area contributed by atoms with Gasteiger partial charge in [-0.15, -0.1) is 0 Å². The third-order valence-electron chi connectivity index (χ3n) is 3.06. The smallest absolute Gasteiger partial charge is 0.261 e. The third kappa shape index (κ3) is 2.78. The fourth-order valence-corrected chi connectivity index (χ4v) is 1.93. The van der Waals surface area contributed by atoms with Crippen LogP contribution in [0.2, 0.25) is 0 Å². The lowest BCUT2D eigenvalue weighted by molar-refractivity contribution is 0.159. The van der Waals surface area contributed by atoms with Crippen molar-refractivity contribution in [3.05, 3.63) is 18.0 Å². The number of aromatic nitrogens is 2. The standard InChI is InChI=1S/C14H18N2O5/c1-5-9(17)13-15-14(21-16-13)8-6-7-10(18-2)12(20-4)11(8)19-3/h6-7,9,17H,5H2,1-4H3. The summed E-state index contributed by atoms with van der Waals surface area (Å²) in [5, 5.41) is 13.5. The molecule has 0 saturated carbocycles. The maximum Gasteiger partial charge on any atom is 0.261 e. The molecule has 114 valence electrons. The molecule has 0 bridgehead atoms. The first-order chi connectivity index (χ1) is 10.2. The van der Waals surface area contributed by atoms with Crippen LogP contribution in [0.25, 0.3) is 11.5 Å². The Morgan fingerprint density at radius 2 is 1.86 bits per heavy atom. The van der Waals surface area contributed by atoms with Crippen molar-refractivity contribution in [3.63, 3.8) is 0 Å². The van der Waals surface area contributed by atoms with Crippen LogP contribution in [0.5, 0.6) is 17.2 Å². The van der Waals surface area contributed by atoms with Crippen LogP contribution in [0.3, 0.4) is 0 Å². The van der Waals surface area contributed by atoms with Gasteiger partial charge >= 0.3 is 0 Å². The minimum Gasteiger partial charge on any atom is -0.493 e. The molecule has 1 N–H and O–H groups in total. The molecule has 0 aliphatic carbocycles. The first-order valence-corrected chi connectivity index (χ1v) is 6.47. The Balaban J connectivity index is 2.51. The number of methoxy groups -OCH3 is 3. The molecule has 21 heavy (non-hydrogen) atoms. The highest BCUT2D eigenvalue weighted by atomic mass is 16.5. The van der Waals surface area contributed by atoms with Gasteiger partial charge in [-0.05, 0) is 18.6 Å². The normalized spacial score (nSPS) is 12.0. The fourth-order valence-electron chi connectivity index (χ4n) is 1.93. The lowest BCUT2D eigenvalue weighted by Gasteiger charge is -2.13. The van der Waals surface area contributed by atoms with Gasteiger partial charge in [-0.1, -0.05) is 12.1 Å². The quantitative estimate of drug-likeness (QED) is 0.873. The largest absolute Gasteiger partial charge is 0.493 e. The molecular formula is C14H18N2O5. The van der Waals surface area contributed by atoms with Gasteiger partial charge in [0.25, 0.3) is 5.89 Å². The molecule has 2 aromatic rings. The number of hydrogen-bond acceptors (Lipinski definition) is 7. The highest BCUT2D eigenvalue weighted by Crippen LogP contribution is 2.43. The molecular weight excluding hydrogens is 276 g/mol. The predicted molar refractivity (Wildman–Crippen MR) is 74.6 cm³/mol. The van der Waals surface area contributed by atoms with Crippen LogP contribution in [0.1, 0.15) is 25.3 Å². The molecule has 0 aliphatic heterocycles. The summed E-state index contributed by atoms with van der Waals surface area (Å²) < 4.78 is 21.1. The minimum atomic E-state index is -0.756. The summed E-state index contributed by atoms with van der Waals surface area (Å²) in [5.74, 6) is 1.89. The van der Waals surface area contributed by atoms with Crippen molar-refractivity contribution in [2.45, 2.75) is 19.4 Å². The lowest BCUT2D eigenvalue weighted by atomic mass is 10.1. The molecule has 0 radical (unpaired) electrons. The van der Waals surface area contributed by atoms with Crippen molar-refractivity contribution < 1.29 is 23.8 Å². The monoisotopic (exact) mass is 294 g/mol. The van der Waals surface area contributed by atoms with Gasteiger partial charge in [0.1, 0.15) is 6.10 Å². The van der Waals surface area contributed by atoms with Gasteiger partial charge in [-0.25, -0.2) is 0 Å². The van der Waals surface area contributed by atoms with Crippen LogP contribution >= 0.6 is 0 Å². The van der Waals surface area contributed by atoms with E-state index in [1.807, 2.05) is 6.92 Å². The highest BCUT2D eigenvalue weighted by Gasteiger charge is 2.22. The van der Waals surface area contributed by atoms with Gasteiger partial charge in [-0.2, -0.15) is 4.98 Å². The van der Waals surface area contributed by atoms with Crippen LogP contribution in [0, 0.1) is 0 Å². The Hall–Kier alpha value is -2.28. The van der Waals surface area contributed by atoms with Crippen molar-refractivity contribution in [1.82, 2.24) is 10.1 Å². The van der Waals surface area contributed by atoms with Crippen molar-refractivity contribution in [2.75, 3.05) is 21.3 Å². The Kier molecular flexibility index (Phi) is 4.64. The number of aliphatic hydroxyl groups excluding tert-OH is 1. The van der Waals surface area contributed by atoms with Crippen molar-refractivity contribution in [1.29, 1.82) is 0 Å². The number of nitrogens with zero attached hydrogens (tertiary/aromatic N) is 2. The zero-order chi connectivity index (χ0) is 15.4. The van der Waals surface area contributed by atoms with Crippen LogP contribution in [-0.2, 0) is 0 Å². The molecule has 1 aromatic heterocycles. The third-order valence-corrected chi connectivity index (χ3v) is 3.06.